The number of hydrogen-bond acceptors (Lipinski definition) is 5. The van der Waals surface area contributed by atoms with Gasteiger partial charge in [0.25, 0.3) is 5.91 Å². The third kappa shape index (κ3) is 6.35. The highest BCUT2D eigenvalue weighted by atomic mass is 35.5. The van der Waals surface area contributed by atoms with Crippen molar-refractivity contribution in [1.29, 1.82) is 0 Å². The molecule has 0 radical (unpaired) electrons. The number of para-hydroxylation sites is 1. The molecule has 4 aromatic rings. The number of benzene rings is 3. The predicted molar refractivity (Wildman–Crippen MR) is 138 cm³/mol. The van der Waals surface area contributed by atoms with Crippen molar-refractivity contribution in [3.63, 3.8) is 0 Å². The van der Waals surface area contributed by atoms with E-state index in [0.717, 1.165) is 5.56 Å². The van der Waals surface area contributed by atoms with Crippen LogP contribution in [0.15, 0.2) is 84.2 Å². The standard InChI is InChI=1S/C25H20Cl2N4O2S/c26-18-11-12-20(27)21(13-18)29-25-30-22(16-34-25)24(33)31(14-17-7-3-1-4-8-17)15-23(32)28-19-9-5-2-6-10-19/h1-13,16H,14-15H2,(H,28,32)(H,29,30). The van der Waals surface area contributed by atoms with Crippen molar-refractivity contribution < 1.29 is 9.59 Å². The largest absolute Gasteiger partial charge is 0.330 e. The van der Waals surface area contributed by atoms with Crippen molar-refractivity contribution >= 4 is 62.9 Å². The summed E-state index contributed by atoms with van der Waals surface area (Å²) in [6.07, 6.45) is 0. The lowest BCUT2D eigenvalue weighted by molar-refractivity contribution is -0.117. The van der Waals surface area contributed by atoms with E-state index in [-0.39, 0.29) is 30.6 Å². The third-order valence-electron chi connectivity index (χ3n) is 4.79. The van der Waals surface area contributed by atoms with Crippen LogP contribution in [0, 0.1) is 0 Å². The van der Waals surface area contributed by atoms with Gasteiger partial charge in [0.2, 0.25) is 5.91 Å². The first kappa shape index (κ1) is 23.8. The Kier molecular flexibility index (Phi) is 7.80. The normalized spacial score (nSPS) is 10.5. The summed E-state index contributed by atoms with van der Waals surface area (Å²) >= 11 is 13.5. The molecule has 0 spiro atoms. The van der Waals surface area contributed by atoms with E-state index in [4.69, 9.17) is 23.2 Å². The molecule has 1 aromatic heterocycles. The summed E-state index contributed by atoms with van der Waals surface area (Å²) in [6, 6.07) is 23.7. The van der Waals surface area contributed by atoms with E-state index < -0.39 is 0 Å². The average Bonchev–Trinajstić information content (AvgIpc) is 3.30. The molecule has 3 aromatic carbocycles. The van der Waals surface area contributed by atoms with Gasteiger partial charge in [-0.1, -0.05) is 71.7 Å². The fourth-order valence-corrected chi connectivity index (χ4v) is 4.23. The van der Waals surface area contributed by atoms with Crippen molar-refractivity contribution in [3.8, 4) is 0 Å². The van der Waals surface area contributed by atoms with E-state index in [1.165, 1.54) is 16.2 Å². The van der Waals surface area contributed by atoms with Gasteiger partial charge in [-0.15, -0.1) is 11.3 Å². The SMILES string of the molecule is O=C(CN(Cc1ccccc1)C(=O)c1csc(Nc2cc(Cl)ccc2Cl)n1)Nc1ccccc1. The van der Waals surface area contributed by atoms with Gasteiger partial charge in [-0.25, -0.2) is 4.98 Å². The summed E-state index contributed by atoms with van der Waals surface area (Å²) in [4.78, 5) is 31.9. The van der Waals surface area contributed by atoms with E-state index >= 15 is 0 Å². The van der Waals surface area contributed by atoms with Crippen molar-refractivity contribution in [2.45, 2.75) is 6.54 Å². The Labute approximate surface area is 211 Å². The maximum atomic E-state index is 13.3. The highest BCUT2D eigenvalue weighted by Gasteiger charge is 2.22. The Morgan fingerprint density at radius 3 is 2.38 bits per heavy atom. The molecule has 9 heteroatoms. The number of amides is 2. The molecule has 1 heterocycles. The van der Waals surface area contributed by atoms with Gasteiger partial charge in [0.05, 0.1) is 10.7 Å². The molecule has 172 valence electrons. The zero-order valence-corrected chi connectivity index (χ0v) is 20.2. The summed E-state index contributed by atoms with van der Waals surface area (Å²) in [6.45, 7) is 0.144. The third-order valence-corrected chi connectivity index (χ3v) is 6.11. The fourth-order valence-electron chi connectivity index (χ4n) is 3.20. The number of nitrogens with zero attached hydrogens (tertiary/aromatic N) is 2. The Balaban J connectivity index is 1.51. The average molecular weight is 511 g/mol. The van der Waals surface area contributed by atoms with Crippen LogP contribution in [0.3, 0.4) is 0 Å². The van der Waals surface area contributed by atoms with Crippen LogP contribution in [-0.4, -0.2) is 28.2 Å². The number of halogens is 2. The molecule has 0 aliphatic heterocycles. The van der Waals surface area contributed by atoms with Gasteiger partial charge in [0.15, 0.2) is 5.13 Å². The Bertz CT molecular complexity index is 1280. The maximum absolute atomic E-state index is 13.3. The van der Waals surface area contributed by atoms with Crippen molar-refractivity contribution in [2.24, 2.45) is 0 Å². The molecule has 0 aliphatic rings. The topological polar surface area (TPSA) is 74.3 Å². The molecular formula is C25H20Cl2N4O2S. The van der Waals surface area contributed by atoms with Crippen molar-refractivity contribution in [3.05, 3.63) is 106 Å². The molecule has 34 heavy (non-hydrogen) atoms. The van der Waals surface area contributed by atoms with Crippen LogP contribution in [0.25, 0.3) is 0 Å². The number of rotatable bonds is 8. The molecule has 0 atom stereocenters. The number of hydrogen-bond donors (Lipinski definition) is 2. The van der Waals surface area contributed by atoms with Crippen LogP contribution in [0.5, 0.6) is 0 Å². The van der Waals surface area contributed by atoms with Gasteiger partial charge in [0.1, 0.15) is 12.2 Å². The molecule has 2 amide bonds. The number of carbonyl (C=O) groups excluding carboxylic acids is 2. The first-order valence-electron chi connectivity index (χ1n) is 10.3. The molecule has 0 fully saturated rings. The first-order chi connectivity index (χ1) is 16.5. The molecule has 2 N–H and O–H groups in total. The van der Waals surface area contributed by atoms with Gasteiger partial charge in [-0.3, -0.25) is 9.59 Å². The van der Waals surface area contributed by atoms with E-state index in [1.807, 2.05) is 48.5 Å². The number of nitrogens with one attached hydrogen (secondary N) is 2. The summed E-state index contributed by atoms with van der Waals surface area (Å²) in [5.41, 5.74) is 2.39. The van der Waals surface area contributed by atoms with Crippen LogP contribution >= 0.6 is 34.5 Å². The lowest BCUT2D eigenvalue weighted by atomic mass is 10.2. The van der Waals surface area contributed by atoms with E-state index in [0.29, 0.717) is 26.6 Å². The number of thiazole rings is 1. The van der Waals surface area contributed by atoms with E-state index in [1.54, 1.807) is 35.7 Å². The number of anilines is 3. The molecule has 0 aliphatic carbocycles. The Hall–Kier alpha value is -3.39. The Morgan fingerprint density at radius 2 is 1.65 bits per heavy atom. The van der Waals surface area contributed by atoms with Crippen molar-refractivity contribution in [2.75, 3.05) is 17.2 Å². The minimum absolute atomic E-state index is 0.122. The van der Waals surface area contributed by atoms with E-state index in [2.05, 4.69) is 15.6 Å². The Morgan fingerprint density at radius 1 is 0.941 bits per heavy atom. The second-order valence-electron chi connectivity index (χ2n) is 7.35. The number of aromatic nitrogens is 1. The molecular weight excluding hydrogens is 491 g/mol. The van der Waals surface area contributed by atoms with Crippen LogP contribution < -0.4 is 10.6 Å². The highest BCUT2D eigenvalue weighted by Crippen LogP contribution is 2.30. The quantitative estimate of drug-likeness (QED) is 0.284. The van der Waals surface area contributed by atoms with Crippen molar-refractivity contribution in [1.82, 2.24) is 9.88 Å². The minimum Gasteiger partial charge on any atom is -0.330 e. The fraction of sp³-hybridized carbons (Fsp3) is 0.0800. The molecule has 6 nitrogen and oxygen atoms in total. The molecule has 0 saturated heterocycles. The predicted octanol–water partition coefficient (Wildman–Crippen LogP) is 6.47. The van der Waals surface area contributed by atoms with Gasteiger partial charge < -0.3 is 15.5 Å². The van der Waals surface area contributed by atoms with Gasteiger partial charge >= 0.3 is 0 Å². The van der Waals surface area contributed by atoms with Gasteiger partial charge in [-0.2, -0.15) is 0 Å². The van der Waals surface area contributed by atoms with E-state index in [9.17, 15) is 9.59 Å². The first-order valence-corrected chi connectivity index (χ1v) is 12.0. The van der Waals surface area contributed by atoms with Crippen LogP contribution in [0.1, 0.15) is 16.1 Å². The molecule has 0 bridgehead atoms. The lowest BCUT2D eigenvalue weighted by Crippen LogP contribution is -2.37. The summed E-state index contributed by atoms with van der Waals surface area (Å²) in [5, 5.41) is 9.06. The van der Waals surface area contributed by atoms with Gasteiger partial charge in [-0.05, 0) is 35.9 Å². The van der Waals surface area contributed by atoms with Crippen LogP contribution in [-0.2, 0) is 11.3 Å². The lowest BCUT2D eigenvalue weighted by Gasteiger charge is -2.21. The second-order valence-corrected chi connectivity index (χ2v) is 9.05. The maximum Gasteiger partial charge on any atom is 0.274 e. The van der Waals surface area contributed by atoms with Crippen LogP contribution in [0.4, 0.5) is 16.5 Å². The smallest absolute Gasteiger partial charge is 0.274 e. The monoisotopic (exact) mass is 510 g/mol. The molecule has 0 saturated carbocycles. The summed E-state index contributed by atoms with van der Waals surface area (Å²) < 4.78 is 0. The van der Waals surface area contributed by atoms with Gasteiger partial charge in [0, 0.05) is 22.6 Å². The van der Waals surface area contributed by atoms with Crippen LogP contribution in [0.2, 0.25) is 10.0 Å². The molecule has 4 rings (SSSR count). The summed E-state index contributed by atoms with van der Waals surface area (Å²) in [5.74, 6) is -0.650. The minimum atomic E-state index is -0.353. The summed E-state index contributed by atoms with van der Waals surface area (Å²) in [7, 11) is 0. The second kappa shape index (κ2) is 11.2. The zero-order chi connectivity index (χ0) is 23.9. The number of carbonyl (C=O) groups is 2. The zero-order valence-electron chi connectivity index (χ0n) is 17.9. The molecule has 0 unspecified atom stereocenters. The highest BCUT2D eigenvalue weighted by molar-refractivity contribution is 7.14.